The third-order valence-corrected chi connectivity index (χ3v) is 4.12. The van der Waals surface area contributed by atoms with Crippen LogP contribution in [-0.2, 0) is 11.2 Å². The van der Waals surface area contributed by atoms with Crippen LogP contribution in [0.5, 0.6) is 5.75 Å². The Bertz CT molecular complexity index is 757. The molecule has 1 N–H and O–H groups in total. The summed E-state index contributed by atoms with van der Waals surface area (Å²) in [5.74, 6) is 0.456. The van der Waals surface area contributed by atoms with E-state index in [9.17, 15) is 9.59 Å². The monoisotopic (exact) mass is 354 g/mol. The van der Waals surface area contributed by atoms with Crippen LogP contribution in [0.15, 0.2) is 48.5 Å². The van der Waals surface area contributed by atoms with Crippen molar-refractivity contribution in [2.45, 2.75) is 19.4 Å². The molecule has 0 aromatic heterocycles. The van der Waals surface area contributed by atoms with E-state index in [1.54, 1.807) is 25.3 Å². The minimum absolute atomic E-state index is 0.0379. The Labute approximate surface area is 155 Å². The second-order valence-electron chi connectivity index (χ2n) is 6.55. The standard InChI is InChI=1S/C21H26N2O3/c1-15(24)17-10-11-20(26-4)18(12-17)13-21(25)22-19(14-23(2)3)16-8-6-5-7-9-16/h5-12,19H,13-14H2,1-4H3,(H,22,25). The van der Waals surface area contributed by atoms with E-state index in [2.05, 4.69) is 5.32 Å². The van der Waals surface area contributed by atoms with Crippen LogP contribution in [-0.4, -0.2) is 44.3 Å². The number of amides is 1. The van der Waals surface area contributed by atoms with Gasteiger partial charge in [-0.15, -0.1) is 0 Å². The first-order valence-corrected chi connectivity index (χ1v) is 8.57. The second kappa shape index (κ2) is 9.15. The van der Waals surface area contributed by atoms with Gasteiger partial charge in [0.25, 0.3) is 0 Å². The highest BCUT2D eigenvalue weighted by Gasteiger charge is 2.17. The van der Waals surface area contributed by atoms with Gasteiger partial charge in [-0.2, -0.15) is 0 Å². The molecule has 0 saturated heterocycles. The average Bonchev–Trinajstić information content (AvgIpc) is 2.61. The third kappa shape index (κ3) is 5.43. The van der Waals surface area contributed by atoms with Gasteiger partial charge in [0, 0.05) is 17.7 Å². The van der Waals surface area contributed by atoms with E-state index in [-0.39, 0.29) is 24.2 Å². The number of nitrogens with one attached hydrogen (secondary N) is 1. The number of carbonyl (C=O) groups excluding carboxylic acids is 2. The van der Waals surface area contributed by atoms with Gasteiger partial charge >= 0.3 is 0 Å². The molecular formula is C21H26N2O3. The zero-order valence-corrected chi connectivity index (χ0v) is 15.8. The average molecular weight is 354 g/mol. The largest absolute Gasteiger partial charge is 0.496 e. The Morgan fingerprint density at radius 3 is 2.38 bits per heavy atom. The van der Waals surface area contributed by atoms with Crippen molar-refractivity contribution < 1.29 is 14.3 Å². The molecule has 0 radical (unpaired) electrons. The predicted octanol–water partition coefficient (Wildman–Crippen LogP) is 2.86. The Morgan fingerprint density at radius 1 is 1.12 bits per heavy atom. The fraction of sp³-hybridized carbons (Fsp3) is 0.333. The smallest absolute Gasteiger partial charge is 0.225 e. The molecule has 0 spiro atoms. The number of carbonyl (C=O) groups is 2. The maximum absolute atomic E-state index is 12.7. The Morgan fingerprint density at radius 2 is 1.81 bits per heavy atom. The number of nitrogens with zero attached hydrogens (tertiary/aromatic N) is 1. The summed E-state index contributed by atoms with van der Waals surface area (Å²) in [4.78, 5) is 26.3. The Hall–Kier alpha value is -2.66. The van der Waals surface area contributed by atoms with Crippen molar-refractivity contribution >= 4 is 11.7 Å². The molecule has 1 amide bonds. The van der Waals surface area contributed by atoms with E-state index in [1.807, 2.05) is 49.3 Å². The molecule has 0 aliphatic carbocycles. The Balaban J connectivity index is 2.17. The van der Waals surface area contributed by atoms with Crippen LogP contribution < -0.4 is 10.1 Å². The summed E-state index contributed by atoms with van der Waals surface area (Å²) in [7, 11) is 5.51. The quantitative estimate of drug-likeness (QED) is 0.741. The van der Waals surface area contributed by atoms with Gasteiger partial charge in [-0.3, -0.25) is 9.59 Å². The number of hydrogen-bond donors (Lipinski definition) is 1. The topological polar surface area (TPSA) is 58.6 Å². The molecular weight excluding hydrogens is 328 g/mol. The van der Waals surface area contributed by atoms with Gasteiger partial charge in [0.05, 0.1) is 19.6 Å². The third-order valence-electron chi connectivity index (χ3n) is 4.12. The molecule has 138 valence electrons. The van der Waals surface area contributed by atoms with Crippen LogP contribution in [0.2, 0.25) is 0 Å². The highest BCUT2D eigenvalue weighted by atomic mass is 16.5. The lowest BCUT2D eigenvalue weighted by molar-refractivity contribution is -0.121. The van der Waals surface area contributed by atoms with E-state index in [4.69, 9.17) is 4.74 Å². The molecule has 26 heavy (non-hydrogen) atoms. The van der Waals surface area contributed by atoms with Gasteiger partial charge in [-0.1, -0.05) is 30.3 Å². The molecule has 2 aromatic rings. The van der Waals surface area contributed by atoms with E-state index in [1.165, 1.54) is 6.92 Å². The van der Waals surface area contributed by atoms with Gasteiger partial charge in [0.1, 0.15) is 5.75 Å². The van der Waals surface area contributed by atoms with Crippen molar-refractivity contribution in [1.82, 2.24) is 10.2 Å². The second-order valence-corrected chi connectivity index (χ2v) is 6.55. The van der Waals surface area contributed by atoms with Gasteiger partial charge in [-0.05, 0) is 44.8 Å². The van der Waals surface area contributed by atoms with Crippen LogP contribution in [0.3, 0.4) is 0 Å². The molecule has 0 aliphatic heterocycles. The van der Waals surface area contributed by atoms with E-state index < -0.39 is 0 Å². The summed E-state index contributed by atoms with van der Waals surface area (Å²) in [6.45, 7) is 2.20. The van der Waals surface area contributed by atoms with Crippen LogP contribution in [0.1, 0.15) is 34.5 Å². The summed E-state index contributed by atoms with van der Waals surface area (Å²) in [5.41, 5.74) is 2.33. The highest BCUT2D eigenvalue weighted by molar-refractivity contribution is 5.94. The van der Waals surface area contributed by atoms with Crippen molar-refractivity contribution in [1.29, 1.82) is 0 Å². The number of Topliss-reactive ketones (excluding diaryl/α,β-unsaturated/α-hetero) is 1. The lowest BCUT2D eigenvalue weighted by Crippen LogP contribution is -2.36. The normalized spacial score (nSPS) is 11.9. The van der Waals surface area contributed by atoms with Crippen LogP contribution in [0.4, 0.5) is 0 Å². The zero-order valence-electron chi connectivity index (χ0n) is 15.8. The zero-order chi connectivity index (χ0) is 19.1. The minimum atomic E-state index is -0.111. The van der Waals surface area contributed by atoms with Crippen LogP contribution >= 0.6 is 0 Å². The van der Waals surface area contributed by atoms with Crippen molar-refractivity contribution in [2.24, 2.45) is 0 Å². The van der Waals surface area contributed by atoms with Crippen molar-refractivity contribution in [2.75, 3.05) is 27.7 Å². The van der Waals surface area contributed by atoms with Gasteiger partial charge in [0.15, 0.2) is 5.78 Å². The lowest BCUT2D eigenvalue weighted by atomic mass is 10.0. The number of rotatable bonds is 8. The van der Waals surface area contributed by atoms with Crippen LogP contribution in [0.25, 0.3) is 0 Å². The molecule has 2 rings (SSSR count). The first kappa shape index (κ1) is 19.7. The molecule has 1 unspecified atom stereocenters. The van der Waals surface area contributed by atoms with Crippen molar-refractivity contribution in [3.8, 4) is 5.75 Å². The molecule has 0 aliphatic rings. The molecule has 1 atom stereocenters. The number of hydrogen-bond acceptors (Lipinski definition) is 4. The minimum Gasteiger partial charge on any atom is -0.496 e. The maximum atomic E-state index is 12.7. The lowest BCUT2D eigenvalue weighted by Gasteiger charge is -2.23. The first-order valence-electron chi connectivity index (χ1n) is 8.57. The fourth-order valence-electron chi connectivity index (χ4n) is 2.84. The summed E-state index contributed by atoms with van der Waals surface area (Å²) in [6, 6.07) is 14.9. The van der Waals surface area contributed by atoms with E-state index in [0.29, 0.717) is 23.4 Å². The number of benzene rings is 2. The van der Waals surface area contributed by atoms with E-state index in [0.717, 1.165) is 5.56 Å². The van der Waals surface area contributed by atoms with Gasteiger partial charge < -0.3 is 15.0 Å². The molecule has 5 heteroatoms. The number of ether oxygens (including phenoxy) is 1. The first-order chi connectivity index (χ1) is 12.4. The fourth-order valence-corrected chi connectivity index (χ4v) is 2.84. The molecule has 0 bridgehead atoms. The highest BCUT2D eigenvalue weighted by Crippen LogP contribution is 2.21. The molecule has 5 nitrogen and oxygen atoms in total. The number of ketones is 1. The molecule has 0 saturated carbocycles. The SMILES string of the molecule is COc1ccc(C(C)=O)cc1CC(=O)NC(CN(C)C)c1ccccc1. The van der Waals surface area contributed by atoms with E-state index >= 15 is 0 Å². The predicted molar refractivity (Wildman–Crippen MR) is 103 cm³/mol. The summed E-state index contributed by atoms with van der Waals surface area (Å²) in [5, 5.41) is 3.09. The Kier molecular flexibility index (Phi) is 6.92. The summed E-state index contributed by atoms with van der Waals surface area (Å²) in [6.07, 6.45) is 0.154. The number of methoxy groups -OCH3 is 1. The number of likely N-dealkylation sites (N-methyl/N-ethyl adjacent to an activating group) is 1. The van der Waals surface area contributed by atoms with Crippen molar-refractivity contribution in [3.05, 3.63) is 65.2 Å². The molecule has 2 aromatic carbocycles. The summed E-state index contributed by atoms with van der Waals surface area (Å²) < 4.78 is 5.34. The summed E-state index contributed by atoms with van der Waals surface area (Å²) >= 11 is 0. The molecule has 0 heterocycles. The molecule has 0 fully saturated rings. The van der Waals surface area contributed by atoms with Crippen molar-refractivity contribution in [3.63, 3.8) is 0 Å². The van der Waals surface area contributed by atoms with Gasteiger partial charge in [0.2, 0.25) is 5.91 Å². The maximum Gasteiger partial charge on any atom is 0.225 e. The van der Waals surface area contributed by atoms with Crippen LogP contribution in [0, 0.1) is 0 Å². The van der Waals surface area contributed by atoms with Gasteiger partial charge in [-0.25, -0.2) is 0 Å².